The first kappa shape index (κ1) is 25.4. The van der Waals surface area contributed by atoms with Gasteiger partial charge in [-0.15, -0.1) is 0 Å². The molecule has 0 unspecified atom stereocenters. The first-order valence-corrected chi connectivity index (χ1v) is 14.6. The number of halogens is 1. The van der Waals surface area contributed by atoms with Gasteiger partial charge in [0.2, 0.25) is 0 Å². The molecule has 0 spiro atoms. The highest BCUT2D eigenvalue weighted by Crippen LogP contribution is 2.39. The third kappa shape index (κ3) is 5.13. The summed E-state index contributed by atoms with van der Waals surface area (Å²) in [5.41, 5.74) is 2.95. The van der Waals surface area contributed by atoms with Crippen molar-refractivity contribution in [3.05, 3.63) is 53.6 Å². The summed E-state index contributed by atoms with van der Waals surface area (Å²) < 4.78 is 25.2. The molecule has 1 fully saturated rings. The number of hydrogen-bond acceptors (Lipinski definition) is 8. The van der Waals surface area contributed by atoms with Crippen LogP contribution in [0.3, 0.4) is 0 Å². The SMILES string of the molecule is CC(C)c1ccc(N2C[C@H](CS(C)(=O)=O)[C@H]2C)c2cnc(Nc3ccnc(-c4cn(C)nc4Cl)n3)cc12. The van der Waals surface area contributed by atoms with E-state index in [1.807, 2.05) is 12.3 Å². The smallest absolute Gasteiger partial charge is 0.166 e. The molecule has 0 bridgehead atoms. The predicted molar refractivity (Wildman–Crippen MR) is 148 cm³/mol. The summed E-state index contributed by atoms with van der Waals surface area (Å²) in [6, 6.07) is 8.26. The number of nitrogens with zero attached hydrogens (tertiary/aromatic N) is 6. The monoisotopic (exact) mass is 539 g/mol. The summed E-state index contributed by atoms with van der Waals surface area (Å²) in [5.74, 6) is 2.40. The molecule has 1 aromatic carbocycles. The van der Waals surface area contributed by atoms with Crippen LogP contribution in [0.15, 0.2) is 42.9 Å². The lowest BCUT2D eigenvalue weighted by molar-refractivity contribution is 0.342. The minimum absolute atomic E-state index is 0.129. The lowest BCUT2D eigenvalue weighted by atomic mass is 9.88. The molecule has 1 N–H and O–H groups in total. The second kappa shape index (κ2) is 9.57. The van der Waals surface area contributed by atoms with Crippen molar-refractivity contribution in [2.24, 2.45) is 13.0 Å². The Balaban J connectivity index is 1.47. The van der Waals surface area contributed by atoms with E-state index < -0.39 is 9.84 Å². The third-order valence-electron chi connectivity index (χ3n) is 6.90. The van der Waals surface area contributed by atoms with Gasteiger partial charge in [-0.25, -0.2) is 23.4 Å². The van der Waals surface area contributed by atoms with Crippen molar-refractivity contribution in [2.45, 2.75) is 32.7 Å². The van der Waals surface area contributed by atoms with Gasteiger partial charge in [-0.1, -0.05) is 31.5 Å². The number of hydrogen-bond donors (Lipinski definition) is 1. The number of aryl methyl sites for hydroxylation is 1. The standard InChI is InChI=1S/C26H30ClN7O2S/c1-15(2)18-6-7-22(34-12-17(16(34)3)14-37(5,35)36)20-11-29-24(10-19(18)20)30-23-8-9-28-26(31-23)21-13-33(4)32-25(21)27/h6-11,13,15-17H,12,14H2,1-5H3,(H,28,29,30,31)/t16-,17-/m1/s1. The maximum absolute atomic E-state index is 11.8. The van der Waals surface area contributed by atoms with E-state index in [0.29, 0.717) is 40.6 Å². The van der Waals surface area contributed by atoms with Crippen LogP contribution < -0.4 is 10.2 Å². The Morgan fingerprint density at radius 1 is 1.16 bits per heavy atom. The van der Waals surface area contributed by atoms with Gasteiger partial charge in [0.15, 0.2) is 11.0 Å². The van der Waals surface area contributed by atoms with Crippen LogP contribution in [0.1, 0.15) is 32.3 Å². The molecular formula is C26H30ClN7O2S. The number of anilines is 3. The molecule has 1 aliphatic rings. The third-order valence-corrected chi connectivity index (χ3v) is 8.21. The molecule has 0 radical (unpaired) electrons. The van der Waals surface area contributed by atoms with Crippen molar-refractivity contribution in [1.29, 1.82) is 0 Å². The Labute approximate surface area is 221 Å². The van der Waals surface area contributed by atoms with Crippen molar-refractivity contribution in [3.63, 3.8) is 0 Å². The first-order valence-electron chi connectivity index (χ1n) is 12.2. The molecule has 1 saturated heterocycles. The largest absolute Gasteiger partial charge is 0.368 e. The highest BCUT2D eigenvalue weighted by Gasteiger charge is 2.38. The molecule has 0 saturated carbocycles. The Hall–Kier alpha value is -3.24. The van der Waals surface area contributed by atoms with Gasteiger partial charge in [-0.2, -0.15) is 5.10 Å². The fourth-order valence-electron chi connectivity index (χ4n) is 4.96. The lowest BCUT2D eigenvalue weighted by Gasteiger charge is -2.48. The Kier molecular flexibility index (Phi) is 6.57. The number of nitrogens with one attached hydrogen (secondary N) is 1. The second-order valence-electron chi connectivity index (χ2n) is 10.1. The zero-order valence-corrected chi connectivity index (χ0v) is 23.0. The van der Waals surface area contributed by atoms with Gasteiger partial charge in [-0.05, 0) is 42.0 Å². The van der Waals surface area contributed by atoms with E-state index in [1.54, 1.807) is 30.2 Å². The highest BCUT2D eigenvalue weighted by atomic mass is 35.5. The summed E-state index contributed by atoms with van der Waals surface area (Å²) >= 11 is 6.23. The van der Waals surface area contributed by atoms with Crippen molar-refractivity contribution in [3.8, 4) is 11.4 Å². The van der Waals surface area contributed by atoms with E-state index in [0.717, 1.165) is 16.5 Å². The van der Waals surface area contributed by atoms with Crippen LogP contribution in [0.4, 0.5) is 17.3 Å². The topological polar surface area (TPSA) is 106 Å². The maximum atomic E-state index is 11.8. The average Bonchev–Trinajstić information content (AvgIpc) is 3.18. The summed E-state index contributed by atoms with van der Waals surface area (Å²) in [6.07, 6.45) is 6.64. The molecule has 1 aliphatic heterocycles. The Morgan fingerprint density at radius 3 is 2.59 bits per heavy atom. The zero-order chi connectivity index (χ0) is 26.5. The molecule has 4 aromatic rings. The quantitative estimate of drug-likeness (QED) is 0.356. The number of pyridine rings is 1. The van der Waals surface area contributed by atoms with Crippen molar-refractivity contribution in [2.75, 3.05) is 28.8 Å². The summed E-state index contributed by atoms with van der Waals surface area (Å²) in [6.45, 7) is 7.15. The van der Waals surface area contributed by atoms with Gasteiger partial charge in [0.05, 0.1) is 11.3 Å². The average molecular weight is 540 g/mol. The molecule has 5 rings (SSSR count). The van der Waals surface area contributed by atoms with E-state index in [-0.39, 0.29) is 17.7 Å². The van der Waals surface area contributed by atoms with E-state index in [4.69, 9.17) is 16.6 Å². The van der Waals surface area contributed by atoms with Gasteiger partial charge in [0, 0.05) is 61.5 Å². The molecule has 194 valence electrons. The van der Waals surface area contributed by atoms with Crippen LogP contribution in [0.2, 0.25) is 5.15 Å². The summed E-state index contributed by atoms with van der Waals surface area (Å²) in [5, 5.41) is 9.96. The van der Waals surface area contributed by atoms with Gasteiger partial charge in [0.1, 0.15) is 21.5 Å². The molecule has 11 heteroatoms. The van der Waals surface area contributed by atoms with E-state index in [2.05, 4.69) is 58.2 Å². The molecule has 2 atom stereocenters. The lowest BCUT2D eigenvalue weighted by Crippen LogP contribution is -2.57. The molecule has 9 nitrogen and oxygen atoms in total. The molecule has 4 heterocycles. The Morgan fingerprint density at radius 2 is 1.95 bits per heavy atom. The number of sulfone groups is 1. The predicted octanol–water partition coefficient (Wildman–Crippen LogP) is 4.82. The minimum atomic E-state index is -3.01. The maximum Gasteiger partial charge on any atom is 0.166 e. The zero-order valence-electron chi connectivity index (χ0n) is 21.5. The second-order valence-corrected chi connectivity index (χ2v) is 12.6. The number of fused-ring (bicyclic) bond motifs is 1. The molecule has 0 aliphatic carbocycles. The fourth-order valence-corrected chi connectivity index (χ4v) is 6.37. The molecular weight excluding hydrogens is 510 g/mol. The van der Waals surface area contributed by atoms with Crippen LogP contribution in [0, 0.1) is 5.92 Å². The number of benzene rings is 1. The normalized spacial score (nSPS) is 17.9. The summed E-state index contributed by atoms with van der Waals surface area (Å²) in [7, 11) is -1.21. The van der Waals surface area contributed by atoms with Crippen LogP contribution in [0.5, 0.6) is 0 Å². The van der Waals surface area contributed by atoms with E-state index >= 15 is 0 Å². The Bertz CT molecular complexity index is 1590. The van der Waals surface area contributed by atoms with Gasteiger partial charge < -0.3 is 10.2 Å². The van der Waals surface area contributed by atoms with E-state index in [1.165, 1.54) is 11.8 Å². The summed E-state index contributed by atoms with van der Waals surface area (Å²) in [4.78, 5) is 15.9. The van der Waals surface area contributed by atoms with Crippen LogP contribution in [-0.4, -0.2) is 57.7 Å². The molecule has 3 aromatic heterocycles. The molecule has 37 heavy (non-hydrogen) atoms. The number of aromatic nitrogens is 5. The minimum Gasteiger partial charge on any atom is -0.368 e. The van der Waals surface area contributed by atoms with Gasteiger partial charge in [0.25, 0.3) is 0 Å². The molecule has 0 amide bonds. The van der Waals surface area contributed by atoms with E-state index in [9.17, 15) is 8.42 Å². The number of rotatable bonds is 7. The van der Waals surface area contributed by atoms with Gasteiger partial charge in [-0.3, -0.25) is 4.68 Å². The van der Waals surface area contributed by atoms with Crippen LogP contribution >= 0.6 is 11.6 Å². The fraction of sp³-hybridized carbons (Fsp3) is 0.385. The van der Waals surface area contributed by atoms with Crippen molar-refractivity contribution >= 4 is 49.5 Å². The first-order chi connectivity index (χ1) is 17.5. The van der Waals surface area contributed by atoms with Crippen molar-refractivity contribution in [1.82, 2.24) is 24.7 Å². The van der Waals surface area contributed by atoms with Crippen LogP contribution in [0.25, 0.3) is 22.2 Å². The van der Waals surface area contributed by atoms with Gasteiger partial charge >= 0.3 is 0 Å². The van der Waals surface area contributed by atoms with Crippen LogP contribution in [-0.2, 0) is 16.9 Å². The highest BCUT2D eigenvalue weighted by molar-refractivity contribution is 7.90. The van der Waals surface area contributed by atoms with Crippen molar-refractivity contribution < 1.29 is 8.42 Å².